The molecule has 0 aliphatic carbocycles. The zero-order valence-electron chi connectivity index (χ0n) is 9.41. The van der Waals surface area contributed by atoms with Crippen molar-refractivity contribution in [3.8, 4) is 6.07 Å². The molecule has 1 aromatic rings. The molecule has 0 atom stereocenters. The number of carbonyl (C=O) groups excluding carboxylic acids is 1. The van der Waals surface area contributed by atoms with Crippen LogP contribution in [0.1, 0.15) is 6.92 Å². The number of esters is 1. The van der Waals surface area contributed by atoms with Gasteiger partial charge in [0.2, 0.25) is 5.71 Å². The van der Waals surface area contributed by atoms with Gasteiger partial charge in [0, 0.05) is 10.0 Å². The first-order chi connectivity index (χ1) is 8.56. The highest BCUT2D eigenvalue weighted by Crippen LogP contribution is 2.22. The van der Waals surface area contributed by atoms with E-state index < -0.39 is 5.97 Å². The molecular weight excluding hydrogens is 277 g/mol. The van der Waals surface area contributed by atoms with Crippen molar-refractivity contribution in [2.24, 2.45) is 5.10 Å². The molecule has 0 heterocycles. The predicted octanol–water partition coefficient (Wildman–Crippen LogP) is 2.85. The Balaban J connectivity index is 2.83. The number of hydrogen-bond donors (Lipinski definition) is 1. The van der Waals surface area contributed by atoms with Crippen molar-refractivity contribution in [2.75, 3.05) is 12.0 Å². The van der Waals surface area contributed by atoms with Gasteiger partial charge in [0.05, 0.1) is 12.3 Å². The van der Waals surface area contributed by atoms with Crippen LogP contribution in [0.15, 0.2) is 23.3 Å². The molecule has 0 aliphatic heterocycles. The third-order valence-electron chi connectivity index (χ3n) is 1.73. The van der Waals surface area contributed by atoms with Crippen LogP contribution in [-0.2, 0) is 9.53 Å². The van der Waals surface area contributed by atoms with E-state index in [0.29, 0.717) is 15.7 Å². The standard InChI is InChI=1S/C11H9Cl2N3O2/c1-2-18-11(17)10(6-14)16-15-9-4-7(12)3-8(13)5-9/h3-5,15H,2H2,1H3. The Morgan fingerprint density at radius 1 is 1.44 bits per heavy atom. The molecule has 94 valence electrons. The molecule has 7 heteroatoms. The van der Waals surface area contributed by atoms with Crippen LogP contribution in [0, 0.1) is 11.3 Å². The molecule has 5 nitrogen and oxygen atoms in total. The second kappa shape index (κ2) is 6.84. The Labute approximate surface area is 114 Å². The molecule has 0 spiro atoms. The van der Waals surface area contributed by atoms with E-state index in [-0.39, 0.29) is 12.3 Å². The quantitative estimate of drug-likeness (QED) is 0.524. The average molecular weight is 286 g/mol. The summed E-state index contributed by atoms with van der Waals surface area (Å²) in [6.07, 6.45) is 0. The Bertz CT molecular complexity index is 503. The monoisotopic (exact) mass is 285 g/mol. The fraction of sp³-hybridized carbons (Fsp3) is 0.182. The largest absolute Gasteiger partial charge is 0.461 e. The van der Waals surface area contributed by atoms with Gasteiger partial charge in [-0.2, -0.15) is 10.4 Å². The van der Waals surface area contributed by atoms with Crippen molar-refractivity contribution >= 4 is 40.6 Å². The van der Waals surface area contributed by atoms with Crippen LogP contribution in [0.5, 0.6) is 0 Å². The number of ether oxygens (including phenoxy) is 1. The summed E-state index contributed by atoms with van der Waals surface area (Å²) in [5, 5.41) is 13.2. The van der Waals surface area contributed by atoms with E-state index in [4.69, 9.17) is 28.5 Å². The number of anilines is 1. The summed E-state index contributed by atoms with van der Waals surface area (Å²) in [6.45, 7) is 1.81. The fourth-order valence-electron chi connectivity index (χ4n) is 1.05. The summed E-state index contributed by atoms with van der Waals surface area (Å²) in [4.78, 5) is 11.3. The summed E-state index contributed by atoms with van der Waals surface area (Å²) in [5.41, 5.74) is 2.59. The van der Waals surface area contributed by atoms with Crippen LogP contribution in [0.25, 0.3) is 0 Å². The van der Waals surface area contributed by atoms with Gasteiger partial charge in [-0.05, 0) is 25.1 Å². The normalized spacial score (nSPS) is 10.7. The molecule has 0 radical (unpaired) electrons. The van der Waals surface area contributed by atoms with Crippen LogP contribution in [-0.4, -0.2) is 18.3 Å². The maximum absolute atomic E-state index is 11.3. The smallest absolute Gasteiger partial charge is 0.369 e. The number of benzene rings is 1. The SMILES string of the molecule is CCOC(=O)C(C#N)=NNc1cc(Cl)cc(Cl)c1. The Hall–Kier alpha value is -1.77. The highest BCUT2D eigenvalue weighted by molar-refractivity contribution is 6.43. The lowest BCUT2D eigenvalue weighted by molar-refractivity contribution is -0.134. The molecule has 0 saturated carbocycles. The molecule has 0 unspecified atom stereocenters. The van der Waals surface area contributed by atoms with Gasteiger partial charge >= 0.3 is 5.97 Å². The number of nitriles is 1. The Morgan fingerprint density at radius 2 is 2.06 bits per heavy atom. The first-order valence-electron chi connectivity index (χ1n) is 4.93. The van der Waals surface area contributed by atoms with Crippen LogP contribution in [0.4, 0.5) is 5.69 Å². The molecule has 1 aromatic carbocycles. The number of rotatable bonds is 4. The molecule has 18 heavy (non-hydrogen) atoms. The molecule has 0 amide bonds. The summed E-state index contributed by atoms with van der Waals surface area (Å²) in [5.74, 6) is -0.791. The van der Waals surface area contributed by atoms with Crippen molar-refractivity contribution in [1.29, 1.82) is 5.26 Å². The molecular formula is C11H9Cl2N3O2. The maximum atomic E-state index is 11.3. The van der Waals surface area contributed by atoms with E-state index in [1.807, 2.05) is 0 Å². The summed E-state index contributed by atoms with van der Waals surface area (Å²) < 4.78 is 4.65. The van der Waals surface area contributed by atoms with Crippen LogP contribution in [0.2, 0.25) is 10.0 Å². The molecule has 1 rings (SSSR count). The van der Waals surface area contributed by atoms with E-state index >= 15 is 0 Å². The zero-order valence-corrected chi connectivity index (χ0v) is 10.9. The van der Waals surface area contributed by atoms with Gasteiger partial charge in [0.1, 0.15) is 6.07 Å². The van der Waals surface area contributed by atoms with Gasteiger partial charge in [-0.1, -0.05) is 23.2 Å². The number of nitrogens with zero attached hydrogens (tertiary/aromatic N) is 2. The van der Waals surface area contributed by atoms with Crippen molar-refractivity contribution in [3.05, 3.63) is 28.2 Å². The highest BCUT2D eigenvalue weighted by Gasteiger charge is 2.11. The summed E-state index contributed by atoms with van der Waals surface area (Å²) >= 11 is 11.6. The third-order valence-corrected chi connectivity index (χ3v) is 2.17. The van der Waals surface area contributed by atoms with E-state index in [1.165, 1.54) is 0 Å². The Kier molecular flexibility index (Phi) is 5.43. The summed E-state index contributed by atoms with van der Waals surface area (Å²) in [6, 6.07) is 6.29. The minimum Gasteiger partial charge on any atom is -0.461 e. The van der Waals surface area contributed by atoms with Gasteiger partial charge in [0.25, 0.3) is 0 Å². The van der Waals surface area contributed by atoms with E-state index in [1.54, 1.807) is 31.2 Å². The van der Waals surface area contributed by atoms with E-state index in [0.717, 1.165) is 0 Å². The number of nitrogens with one attached hydrogen (secondary N) is 1. The lowest BCUT2D eigenvalue weighted by Gasteiger charge is -2.03. The number of carbonyl (C=O) groups is 1. The van der Waals surface area contributed by atoms with Gasteiger partial charge < -0.3 is 4.74 Å². The van der Waals surface area contributed by atoms with Gasteiger partial charge in [-0.3, -0.25) is 5.43 Å². The first-order valence-corrected chi connectivity index (χ1v) is 5.69. The topological polar surface area (TPSA) is 74.5 Å². The van der Waals surface area contributed by atoms with Gasteiger partial charge in [0.15, 0.2) is 0 Å². The zero-order chi connectivity index (χ0) is 13.5. The van der Waals surface area contributed by atoms with Crippen molar-refractivity contribution < 1.29 is 9.53 Å². The van der Waals surface area contributed by atoms with Crippen molar-refractivity contribution in [1.82, 2.24) is 0 Å². The van der Waals surface area contributed by atoms with E-state index in [9.17, 15) is 4.79 Å². The number of hydrogen-bond acceptors (Lipinski definition) is 5. The van der Waals surface area contributed by atoms with Crippen LogP contribution >= 0.6 is 23.2 Å². The molecule has 1 N–H and O–H groups in total. The Morgan fingerprint density at radius 3 is 2.56 bits per heavy atom. The van der Waals surface area contributed by atoms with Crippen LogP contribution < -0.4 is 5.43 Å². The van der Waals surface area contributed by atoms with E-state index in [2.05, 4.69) is 15.3 Å². The predicted molar refractivity (Wildman–Crippen MR) is 69.8 cm³/mol. The minimum atomic E-state index is -0.791. The number of hydrazone groups is 1. The summed E-state index contributed by atoms with van der Waals surface area (Å²) in [7, 11) is 0. The minimum absolute atomic E-state index is 0.169. The van der Waals surface area contributed by atoms with Crippen molar-refractivity contribution in [2.45, 2.75) is 6.92 Å². The second-order valence-corrected chi connectivity index (χ2v) is 3.94. The maximum Gasteiger partial charge on any atom is 0.369 e. The lowest BCUT2D eigenvalue weighted by atomic mass is 10.3. The highest BCUT2D eigenvalue weighted by atomic mass is 35.5. The lowest BCUT2D eigenvalue weighted by Crippen LogP contribution is -2.17. The molecule has 0 fully saturated rings. The van der Waals surface area contributed by atoms with Gasteiger partial charge in [-0.15, -0.1) is 0 Å². The first kappa shape index (κ1) is 14.3. The van der Waals surface area contributed by atoms with Gasteiger partial charge in [-0.25, -0.2) is 4.79 Å². The van der Waals surface area contributed by atoms with Crippen LogP contribution in [0.3, 0.4) is 0 Å². The molecule has 0 bridgehead atoms. The number of halogens is 2. The third kappa shape index (κ3) is 4.24. The second-order valence-electron chi connectivity index (χ2n) is 3.06. The molecule has 0 aliphatic rings. The molecule has 0 aromatic heterocycles. The molecule has 0 saturated heterocycles. The fourth-order valence-corrected chi connectivity index (χ4v) is 1.58. The van der Waals surface area contributed by atoms with Crippen molar-refractivity contribution in [3.63, 3.8) is 0 Å². The average Bonchev–Trinajstić information content (AvgIpc) is 2.29.